The summed E-state index contributed by atoms with van der Waals surface area (Å²) in [7, 11) is 0. The van der Waals surface area contributed by atoms with Crippen molar-refractivity contribution in [1.29, 1.82) is 0 Å². The van der Waals surface area contributed by atoms with Crippen LogP contribution < -0.4 is 16.4 Å². The molecule has 2 rings (SSSR count). The SMILES string of the molecule is NC(=O)N[C@H](Cc1ccccc1)C(=O)NCCCSc1ccccc1. The third-order valence-corrected chi connectivity index (χ3v) is 4.65. The Morgan fingerprint density at radius 1 is 1.00 bits per heavy atom. The van der Waals surface area contributed by atoms with E-state index in [0.29, 0.717) is 13.0 Å². The minimum atomic E-state index is -0.698. The van der Waals surface area contributed by atoms with Gasteiger partial charge in [0.05, 0.1) is 0 Å². The van der Waals surface area contributed by atoms with Gasteiger partial charge in [0, 0.05) is 17.9 Å². The lowest BCUT2D eigenvalue weighted by atomic mass is 10.1. The summed E-state index contributed by atoms with van der Waals surface area (Å²) in [5.74, 6) is 0.698. The number of thioether (sulfide) groups is 1. The van der Waals surface area contributed by atoms with Gasteiger partial charge in [0.15, 0.2) is 0 Å². The number of carbonyl (C=O) groups is 2. The van der Waals surface area contributed by atoms with E-state index in [1.54, 1.807) is 11.8 Å². The van der Waals surface area contributed by atoms with Gasteiger partial charge in [-0.25, -0.2) is 4.79 Å². The third kappa shape index (κ3) is 7.30. The van der Waals surface area contributed by atoms with Crippen molar-refractivity contribution in [1.82, 2.24) is 10.6 Å². The van der Waals surface area contributed by atoms with E-state index in [1.165, 1.54) is 4.90 Å². The van der Waals surface area contributed by atoms with Crippen LogP contribution in [-0.4, -0.2) is 30.3 Å². The molecule has 0 aromatic heterocycles. The Morgan fingerprint density at radius 2 is 1.64 bits per heavy atom. The quantitative estimate of drug-likeness (QED) is 0.476. The number of hydrogen-bond donors (Lipinski definition) is 3. The molecule has 0 aliphatic heterocycles. The van der Waals surface area contributed by atoms with Gasteiger partial charge in [0.2, 0.25) is 5.91 Å². The van der Waals surface area contributed by atoms with E-state index in [9.17, 15) is 9.59 Å². The van der Waals surface area contributed by atoms with Crippen LogP contribution >= 0.6 is 11.8 Å². The van der Waals surface area contributed by atoms with E-state index in [-0.39, 0.29) is 5.91 Å². The summed E-state index contributed by atoms with van der Waals surface area (Å²) in [6, 6.07) is 18.3. The van der Waals surface area contributed by atoms with Gasteiger partial charge in [-0.05, 0) is 29.9 Å². The first-order chi connectivity index (χ1) is 12.1. The number of nitrogens with one attached hydrogen (secondary N) is 2. The summed E-state index contributed by atoms with van der Waals surface area (Å²) < 4.78 is 0. The van der Waals surface area contributed by atoms with Crippen LogP contribution in [0, 0.1) is 0 Å². The second-order valence-electron chi connectivity index (χ2n) is 5.56. The molecule has 0 heterocycles. The van der Waals surface area contributed by atoms with E-state index < -0.39 is 12.1 Å². The molecule has 1 atom stereocenters. The van der Waals surface area contributed by atoms with Gasteiger partial charge in [-0.2, -0.15) is 0 Å². The van der Waals surface area contributed by atoms with Crippen molar-refractivity contribution in [2.24, 2.45) is 5.73 Å². The van der Waals surface area contributed by atoms with Crippen molar-refractivity contribution in [3.8, 4) is 0 Å². The Bertz CT molecular complexity index is 665. The summed E-state index contributed by atoms with van der Waals surface area (Å²) in [4.78, 5) is 24.7. The van der Waals surface area contributed by atoms with E-state index >= 15 is 0 Å². The molecule has 0 radical (unpaired) electrons. The number of hydrogen-bond acceptors (Lipinski definition) is 3. The van der Waals surface area contributed by atoms with Crippen molar-refractivity contribution in [3.05, 3.63) is 66.2 Å². The van der Waals surface area contributed by atoms with E-state index in [2.05, 4.69) is 22.8 Å². The summed E-state index contributed by atoms with van der Waals surface area (Å²) in [6.45, 7) is 0.560. The van der Waals surface area contributed by atoms with Crippen molar-refractivity contribution in [2.75, 3.05) is 12.3 Å². The maximum absolute atomic E-state index is 12.3. The zero-order valence-corrected chi connectivity index (χ0v) is 14.8. The maximum Gasteiger partial charge on any atom is 0.312 e. The van der Waals surface area contributed by atoms with Crippen LogP contribution in [0.15, 0.2) is 65.6 Å². The number of amides is 3. The predicted molar refractivity (Wildman–Crippen MR) is 101 cm³/mol. The highest BCUT2D eigenvalue weighted by molar-refractivity contribution is 7.99. The van der Waals surface area contributed by atoms with Crippen molar-refractivity contribution < 1.29 is 9.59 Å². The fraction of sp³-hybridized carbons (Fsp3) is 0.263. The minimum absolute atomic E-state index is 0.215. The van der Waals surface area contributed by atoms with Crippen LogP contribution in [0.1, 0.15) is 12.0 Å². The molecule has 0 saturated carbocycles. The lowest BCUT2D eigenvalue weighted by Crippen LogP contribution is -2.49. The molecule has 2 aromatic carbocycles. The molecule has 0 fully saturated rings. The Hall–Kier alpha value is -2.47. The smallest absolute Gasteiger partial charge is 0.312 e. The number of nitrogens with two attached hydrogens (primary N) is 1. The molecular weight excluding hydrogens is 334 g/mol. The first kappa shape index (κ1) is 18.9. The predicted octanol–water partition coefficient (Wildman–Crippen LogP) is 2.56. The molecule has 0 aliphatic carbocycles. The maximum atomic E-state index is 12.3. The second kappa shape index (κ2) is 10.4. The van der Waals surface area contributed by atoms with Crippen molar-refractivity contribution >= 4 is 23.7 Å². The largest absolute Gasteiger partial charge is 0.354 e. The molecule has 132 valence electrons. The number of benzene rings is 2. The highest BCUT2D eigenvalue weighted by Crippen LogP contribution is 2.17. The molecule has 2 aromatic rings. The fourth-order valence-corrected chi connectivity index (χ4v) is 3.22. The molecule has 4 N–H and O–H groups in total. The summed E-state index contributed by atoms with van der Waals surface area (Å²) in [5, 5.41) is 5.39. The molecule has 0 bridgehead atoms. The van der Waals surface area contributed by atoms with E-state index in [4.69, 9.17) is 5.73 Å². The molecule has 5 nitrogen and oxygen atoms in total. The topological polar surface area (TPSA) is 84.2 Å². The van der Waals surface area contributed by atoms with Crippen LogP contribution in [0.3, 0.4) is 0 Å². The van der Waals surface area contributed by atoms with Gasteiger partial charge in [-0.1, -0.05) is 48.5 Å². The fourth-order valence-electron chi connectivity index (χ4n) is 2.34. The molecule has 0 saturated heterocycles. The Balaban J connectivity index is 1.75. The Labute approximate surface area is 152 Å². The van der Waals surface area contributed by atoms with Crippen molar-refractivity contribution in [2.45, 2.75) is 23.8 Å². The molecule has 0 spiro atoms. The zero-order chi connectivity index (χ0) is 17.9. The normalized spacial score (nSPS) is 11.5. The molecular formula is C19H23N3O2S. The number of carbonyl (C=O) groups excluding carboxylic acids is 2. The lowest BCUT2D eigenvalue weighted by molar-refractivity contribution is -0.122. The zero-order valence-electron chi connectivity index (χ0n) is 14.0. The molecule has 6 heteroatoms. The third-order valence-electron chi connectivity index (χ3n) is 3.55. The number of urea groups is 1. The Kier molecular flexibility index (Phi) is 7.85. The number of rotatable bonds is 9. The highest BCUT2D eigenvalue weighted by Gasteiger charge is 2.19. The van der Waals surface area contributed by atoms with Crippen LogP contribution in [0.25, 0.3) is 0 Å². The lowest BCUT2D eigenvalue weighted by Gasteiger charge is -2.17. The van der Waals surface area contributed by atoms with Gasteiger partial charge in [-0.15, -0.1) is 11.8 Å². The monoisotopic (exact) mass is 357 g/mol. The first-order valence-corrected chi connectivity index (χ1v) is 9.19. The van der Waals surface area contributed by atoms with Gasteiger partial charge < -0.3 is 16.4 Å². The summed E-state index contributed by atoms with van der Waals surface area (Å²) >= 11 is 1.75. The van der Waals surface area contributed by atoms with Crippen LogP contribution in [-0.2, 0) is 11.2 Å². The number of primary amides is 1. The van der Waals surface area contributed by atoms with Gasteiger partial charge in [-0.3, -0.25) is 4.79 Å². The van der Waals surface area contributed by atoms with Crippen LogP contribution in [0.2, 0.25) is 0 Å². The Morgan fingerprint density at radius 3 is 2.28 bits per heavy atom. The minimum Gasteiger partial charge on any atom is -0.354 e. The van der Waals surface area contributed by atoms with E-state index in [1.807, 2.05) is 48.5 Å². The van der Waals surface area contributed by atoms with Crippen LogP contribution in [0.5, 0.6) is 0 Å². The van der Waals surface area contributed by atoms with E-state index in [0.717, 1.165) is 17.7 Å². The van der Waals surface area contributed by atoms with Crippen molar-refractivity contribution in [3.63, 3.8) is 0 Å². The van der Waals surface area contributed by atoms with Gasteiger partial charge in [0.25, 0.3) is 0 Å². The molecule has 0 aliphatic rings. The molecule has 25 heavy (non-hydrogen) atoms. The molecule has 3 amide bonds. The second-order valence-corrected chi connectivity index (χ2v) is 6.73. The average Bonchev–Trinajstić information content (AvgIpc) is 2.62. The highest BCUT2D eigenvalue weighted by atomic mass is 32.2. The van der Waals surface area contributed by atoms with Gasteiger partial charge in [0.1, 0.15) is 6.04 Å². The standard InChI is InChI=1S/C19H23N3O2S/c20-19(24)22-17(14-15-8-3-1-4-9-15)18(23)21-12-7-13-25-16-10-5-2-6-11-16/h1-6,8-11,17H,7,12-14H2,(H,21,23)(H3,20,22,24)/t17-/m1/s1. The summed E-state index contributed by atoms with van der Waals surface area (Å²) in [6.07, 6.45) is 1.26. The summed E-state index contributed by atoms with van der Waals surface area (Å²) in [5.41, 5.74) is 6.16. The van der Waals surface area contributed by atoms with Gasteiger partial charge >= 0.3 is 6.03 Å². The average molecular weight is 357 g/mol. The first-order valence-electron chi connectivity index (χ1n) is 8.20. The van der Waals surface area contributed by atoms with Crippen LogP contribution in [0.4, 0.5) is 4.79 Å². The molecule has 0 unspecified atom stereocenters.